The van der Waals surface area contributed by atoms with Crippen LogP contribution in [-0.2, 0) is 16.1 Å². The monoisotopic (exact) mass is 372 g/mol. The Labute approximate surface area is 157 Å². The Morgan fingerprint density at radius 2 is 1.89 bits per heavy atom. The maximum absolute atomic E-state index is 14.4. The van der Waals surface area contributed by atoms with Crippen molar-refractivity contribution in [2.75, 3.05) is 31.2 Å². The molecule has 0 spiro atoms. The minimum atomic E-state index is -0.292. The third kappa shape index (κ3) is 3.95. The smallest absolute Gasteiger partial charge is 0.224 e. The Morgan fingerprint density at radius 1 is 1.11 bits per heavy atom. The molecule has 4 rings (SSSR count). The van der Waals surface area contributed by atoms with Crippen molar-refractivity contribution in [2.45, 2.75) is 18.9 Å². The molecule has 1 amide bonds. The zero-order chi connectivity index (χ0) is 18.8. The van der Waals surface area contributed by atoms with E-state index < -0.39 is 0 Å². The normalized spacial score (nSPS) is 21.8. The molecule has 2 aromatic carbocycles. The average Bonchev–Trinajstić information content (AvgIpc) is 3.48. The second-order valence-electron chi connectivity index (χ2n) is 7.07. The van der Waals surface area contributed by atoms with Gasteiger partial charge in [-0.1, -0.05) is 24.3 Å². The quantitative estimate of drug-likeness (QED) is 0.876. The van der Waals surface area contributed by atoms with Crippen LogP contribution in [0, 0.1) is 17.6 Å². The molecule has 1 aliphatic carbocycles. The zero-order valence-electron chi connectivity index (χ0n) is 15.0. The van der Waals surface area contributed by atoms with Crippen molar-refractivity contribution in [2.24, 2.45) is 5.92 Å². The number of ether oxygens (including phenoxy) is 1. The van der Waals surface area contributed by atoms with Gasteiger partial charge in [-0.05, 0) is 41.7 Å². The number of nitrogens with one attached hydrogen (secondary N) is 1. The van der Waals surface area contributed by atoms with Gasteiger partial charge in [-0.25, -0.2) is 8.78 Å². The van der Waals surface area contributed by atoms with Gasteiger partial charge in [0.25, 0.3) is 0 Å². The summed E-state index contributed by atoms with van der Waals surface area (Å²) in [5.74, 6) is -0.940. The summed E-state index contributed by atoms with van der Waals surface area (Å²) in [6, 6.07) is 11.6. The number of carbonyl (C=O) groups is 1. The van der Waals surface area contributed by atoms with E-state index in [1.54, 1.807) is 24.3 Å². The molecular weight excluding hydrogens is 350 g/mol. The number of morpholine rings is 1. The maximum atomic E-state index is 14.4. The van der Waals surface area contributed by atoms with Gasteiger partial charge in [0, 0.05) is 25.6 Å². The van der Waals surface area contributed by atoms with Crippen molar-refractivity contribution < 1.29 is 18.3 Å². The first-order chi connectivity index (χ1) is 13.1. The molecule has 0 radical (unpaired) electrons. The minimum absolute atomic E-state index is 0.0633. The average molecular weight is 372 g/mol. The molecule has 1 saturated carbocycles. The molecule has 2 aliphatic rings. The fourth-order valence-electron chi connectivity index (χ4n) is 3.65. The lowest BCUT2D eigenvalue weighted by atomic mass is 10.1. The molecule has 27 heavy (non-hydrogen) atoms. The van der Waals surface area contributed by atoms with E-state index in [1.807, 2.05) is 11.0 Å². The number of hydrogen-bond donors (Lipinski definition) is 1. The lowest BCUT2D eigenvalue weighted by Crippen LogP contribution is -2.36. The molecule has 1 N–H and O–H groups in total. The van der Waals surface area contributed by atoms with Crippen molar-refractivity contribution >= 4 is 11.6 Å². The molecule has 1 saturated heterocycles. The van der Waals surface area contributed by atoms with E-state index in [0.29, 0.717) is 49.5 Å². The highest BCUT2D eigenvalue weighted by atomic mass is 19.1. The number of anilines is 1. The van der Waals surface area contributed by atoms with Crippen LogP contribution in [0.25, 0.3) is 0 Å². The van der Waals surface area contributed by atoms with Crippen molar-refractivity contribution in [3.63, 3.8) is 0 Å². The van der Waals surface area contributed by atoms with Crippen molar-refractivity contribution in [1.82, 2.24) is 5.32 Å². The van der Waals surface area contributed by atoms with E-state index in [9.17, 15) is 13.6 Å². The topological polar surface area (TPSA) is 41.6 Å². The Bertz CT molecular complexity index is 837. The maximum Gasteiger partial charge on any atom is 0.224 e. The minimum Gasteiger partial charge on any atom is -0.378 e. The van der Waals surface area contributed by atoms with E-state index in [0.717, 1.165) is 0 Å². The van der Waals surface area contributed by atoms with Gasteiger partial charge in [0.1, 0.15) is 11.6 Å². The van der Waals surface area contributed by atoms with Crippen molar-refractivity contribution in [1.29, 1.82) is 0 Å². The lowest BCUT2D eigenvalue weighted by molar-refractivity contribution is -0.122. The highest BCUT2D eigenvalue weighted by Crippen LogP contribution is 2.48. The summed E-state index contributed by atoms with van der Waals surface area (Å²) in [6.07, 6.45) is 0.650. The predicted octanol–water partition coefficient (Wildman–Crippen LogP) is 3.22. The van der Waals surface area contributed by atoms with Crippen LogP contribution in [0.2, 0.25) is 0 Å². The number of amides is 1. The third-order valence-corrected chi connectivity index (χ3v) is 5.26. The molecule has 142 valence electrons. The van der Waals surface area contributed by atoms with E-state index >= 15 is 0 Å². The molecular formula is C21H22F2N2O2. The summed E-state index contributed by atoms with van der Waals surface area (Å²) in [7, 11) is 0. The second-order valence-corrected chi connectivity index (χ2v) is 7.07. The Morgan fingerprint density at radius 3 is 2.63 bits per heavy atom. The highest BCUT2D eigenvalue weighted by molar-refractivity contribution is 5.82. The van der Waals surface area contributed by atoms with Gasteiger partial charge in [-0.15, -0.1) is 0 Å². The molecule has 6 heteroatoms. The molecule has 2 fully saturated rings. The van der Waals surface area contributed by atoms with Crippen LogP contribution in [0.5, 0.6) is 0 Å². The summed E-state index contributed by atoms with van der Waals surface area (Å²) < 4.78 is 33.5. The summed E-state index contributed by atoms with van der Waals surface area (Å²) >= 11 is 0. The SMILES string of the molecule is O=C(NCc1ccc(N2CCOCC2)c(F)c1)[C@@H]1C[C@H]1c1ccccc1F. The van der Waals surface area contributed by atoms with E-state index in [-0.39, 0.29) is 35.9 Å². The van der Waals surface area contributed by atoms with Crippen LogP contribution in [0.1, 0.15) is 23.5 Å². The molecule has 0 unspecified atom stereocenters. The van der Waals surface area contributed by atoms with E-state index in [2.05, 4.69) is 5.32 Å². The van der Waals surface area contributed by atoms with Gasteiger partial charge < -0.3 is 15.0 Å². The number of hydrogen-bond acceptors (Lipinski definition) is 3. The van der Waals surface area contributed by atoms with E-state index in [1.165, 1.54) is 12.1 Å². The molecule has 2 atom stereocenters. The molecule has 0 aromatic heterocycles. The number of rotatable bonds is 5. The Balaban J connectivity index is 1.33. The van der Waals surface area contributed by atoms with Crippen LogP contribution in [0.15, 0.2) is 42.5 Å². The van der Waals surface area contributed by atoms with Crippen LogP contribution in [-0.4, -0.2) is 32.2 Å². The van der Waals surface area contributed by atoms with Crippen molar-refractivity contribution in [3.8, 4) is 0 Å². The third-order valence-electron chi connectivity index (χ3n) is 5.26. The first kappa shape index (κ1) is 17.9. The molecule has 2 aromatic rings. The summed E-state index contributed by atoms with van der Waals surface area (Å²) in [5.41, 5.74) is 1.87. The summed E-state index contributed by atoms with van der Waals surface area (Å²) in [6.45, 7) is 2.81. The van der Waals surface area contributed by atoms with Gasteiger partial charge in [0.15, 0.2) is 0 Å². The highest BCUT2D eigenvalue weighted by Gasteiger charge is 2.44. The molecule has 1 aliphatic heterocycles. The number of benzene rings is 2. The van der Waals surface area contributed by atoms with Crippen LogP contribution in [0.3, 0.4) is 0 Å². The van der Waals surface area contributed by atoms with Crippen LogP contribution in [0.4, 0.5) is 14.5 Å². The van der Waals surface area contributed by atoms with Gasteiger partial charge in [-0.3, -0.25) is 4.79 Å². The second kappa shape index (κ2) is 7.64. The number of nitrogens with zero attached hydrogens (tertiary/aromatic N) is 1. The molecule has 4 nitrogen and oxygen atoms in total. The first-order valence-electron chi connectivity index (χ1n) is 9.27. The van der Waals surface area contributed by atoms with Gasteiger partial charge in [-0.2, -0.15) is 0 Å². The Hall–Kier alpha value is -2.47. The zero-order valence-corrected chi connectivity index (χ0v) is 15.0. The largest absolute Gasteiger partial charge is 0.378 e. The van der Waals surface area contributed by atoms with E-state index in [4.69, 9.17) is 4.74 Å². The number of carbonyl (C=O) groups excluding carboxylic acids is 1. The predicted molar refractivity (Wildman–Crippen MR) is 98.5 cm³/mol. The molecule has 0 bridgehead atoms. The molecule has 1 heterocycles. The van der Waals surface area contributed by atoms with Crippen LogP contribution < -0.4 is 10.2 Å². The standard InChI is InChI=1S/C21H22F2N2O2/c22-18-4-2-1-3-15(18)16-12-17(16)21(26)24-13-14-5-6-20(19(23)11-14)25-7-9-27-10-8-25/h1-6,11,16-17H,7-10,12-13H2,(H,24,26)/t16-,17+/m0/s1. The fraction of sp³-hybridized carbons (Fsp3) is 0.381. The summed E-state index contributed by atoms with van der Waals surface area (Å²) in [4.78, 5) is 14.3. The van der Waals surface area contributed by atoms with Crippen molar-refractivity contribution in [3.05, 3.63) is 65.2 Å². The van der Waals surface area contributed by atoms with Gasteiger partial charge in [0.05, 0.1) is 18.9 Å². The fourth-order valence-corrected chi connectivity index (χ4v) is 3.65. The van der Waals surface area contributed by atoms with Crippen LogP contribution >= 0.6 is 0 Å². The lowest BCUT2D eigenvalue weighted by Gasteiger charge is -2.29. The Kier molecular flexibility index (Phi) is 5.07. The first-order valence-corrected chi connectivity index (χ1v) is 9.27. The summed E-state index contributed by atoms with van der Waals surface area (Å²) in [5, 5.41) is 2.84. The number of halogens is 2. The van der Waals surface area contributed by atoms with Gasteiger partial charge in [0.2, 0.25) is 5.91 Å². The van der Waals surface area contributed by atoms with Gasteiger partial charge >= 0.3 is 0 Å².